The molecule has 1 N–H and O–H groups in total. The smallest absolute Gasteiger partial charge is 0.271 e. The number of hydrogen-bond donors (Lipinski definition) is 1. The number of ether oxygens (including phenoxy) is 2. The molecule has 1 amide bonds. The van der Waals surface area contributed by atoms with Crippen LogP contribution in [0, 0.1) is 11.6 Å². The van der Waals surface area contributed by atoms with Crippen LogP contribution >= 0.6 is 11.3 Å². The van der Waals surface area contributed by atoms with E-state index in [2.05, 4.69) is 15.3 Å². The number of halogens is 2. The van der Waals surface area contributed by atoms with Crippen molar-refractivity contribution >= 4 is 42.6 Å². The molecule has 1 aliphatic heterocycles. The summed E-state index contributed by atoms with van der Waals surface area (Å²) in [7, 11) is -3.60. The molecule has 37 heavy (non-hydrogen) atoms. The van der Waals surface area contributed by atoms with Gasteiger partial charge in [-0.3, -0.25) is 10.1 Å². The van der Waals surface area contributed by atoms with Gasteiger partial charge in [-0.2, -0.15) is 0 Å². The number of rotatable bonds is 7. The molecule has 1 saturated heterocycles. The zero-order valence-electron chi connectivity index (χ0n) is 19.3. The predicted octanol–water partition coefficient (Wildman–Crippen LogP) is 4.68. The lowest BCUT2D eigenvalue weighted by Gasteiger charge is -2.23. The van der Waals surface area contributed by atoms with Gasteiger partial charge in [-0.15, -0.1) is 0 Å². The molecular formula is C25H21F2N3O5S2. The molecule has 1 aliphatic rings. The van der Waals surface area contributed by atoms with E-state index in [9.17, 15) is 22.0 Å². The van der Waals surface area contributed by atoms with Gasteiger partial charge >= 0.3 is 0 Å². The number of anilines is 1. The third-order valence-corrected chi connectivity index (χ3v) is 9.06. The highest BCUT2D eigenvalue weighted by molar-refractivity contribution is 7.92. The van der Waals surface area contributed by atoms with Crippen molar-refractivity contribution in [2.75, 3.05) is 18.5 Å². The number of benzene rings is 2. The van der Waals surface area contributed by atoms with Crippen molar-refractivity contribution in [3.63, 3.8) is 0 Å². The fraction of sp³-hybridized carbons (Fsp3) is 0.240. The SMILES string of the molecule is O=C(Nc1nc2cccnc2s1)C(Oc1ccc(F)cc1F)c1ccc(S(=O)(=O)C2CCOCC2)cc1. The standard InChI is InChI=1S/C25H21F2N3O5S2/c26-16-5-8-21(19(27)14-16)35-22(23(31)30-25-29-20-2-1-11-28-24(20)36-25)15-3-6-17(7-4-15)37(32,33)18-9-12-34-13-10-18/h1-8,11,14,18,22H,9-10,12-13H2,(H,29,30,31). The van der Waals surface area contributed by atoms with Crippen LogP contribution in [0.3, 0.4) is 0 Å². The molecule has 1 fully saturated rings. The van der Waals surface area contributed by atoms with E-state index in [1.165, 1.54) is 24.3 Å². The van der Waals surface area contributed by atoms with Gasteiger partial charge in [0, 0.05) is 31.0 Å². The van der Waals surface area contributed by atoms with Gasteiger partial charge in [-0.1, -0.05) is 23.5 Å². The van der Waals surface area contributed by atoms with E-state index in [-0.39, 0.29) is 21.3 Å². The minimum Gasteiger partial charge on any atom is -0.473 e. The van der Waals surface area contributed by atoms with Gasteiger partial charge in [0.15, 0.2) is 26.5 Å². The first-order valence-corrected chi connectivity index (χ1v) is 13.7. The molecule has 8 nitrogen and oxygen atoms in total. The lowest BCUT2D eigenvalue weighted by Crippen LogP contribution is -2.29. The molecule has 3 heterocycles. The van der Waals surface area contributed by atoms with E-state index < -0.39 is 38.7 Å². The van der Waals surface area contributed by atoms with Gasteiger partial charge in [0.05, 0.1) is 10.1 Å². The first-order valence-electron chi connectivity index (χ1n) is 11.4. The number of thiazole rings is 1. The van der Waals surface area contributed by atoms with Crippen molar-refractivity contribution in [2.45, 2.75) is 29.1 Å². The number of hydrogen-bond acceptors (Lipinski definition) is 8. The number of carbonyl (C=O) groups excluding carboxylic acids is 1. The second-order valence-electron chi connectivity index (χ2n) is 8.33. The summed E-state index contributed by atoms with van der Waals surface area (Å²) in [5.74, 6) is -2.80. The maximum absolute atomic E-state index is 14.4. The number of carbonyl (C=O) groups is 1. The van der Waals surface area contributed by atoms with Crippen LogP contribution in [-0.4, -0.2) is 42.8 Å². The molecule has 12 heteroatoms. The Morgan fingerprint density at radius 1 is 1.11 bits per heavy atom. The van der Waals surface area contributed by atoms with E-state index >= 15 is 0 Å². The molecule has 1 unspecified atom stereocenters. The summed E-state index contributed by atoms with van der Waals surface area (Å²) in [6.45, 7) is 0.755. The van der Waals surface area contributed by atoms with Gasteiger partial charge in [-0.05, 0) is 49.2 Å². The topological polar surface area (TPSA) is 107 Å². The molecule has 4 aromatic rings. The van der Waals surface area contributed by atoms with Crippen LogP contribution in [0.25, 0.3) is 10.3 Å². The Kier molecular flexibility index (Phi) is 7.13. The monoisotopic (exact) mass is 545 g/mol. The fourth-order valence-corrected chi connectivity index (χ4v) is 6.50. The summed E-state index contributed by atoms with van der Waals surface area (Å²) in [5, 5.41) is 2.36. The van der Waals surface area contributed by atoms with Crippen LogP contribution in [0.15, 0.2) is 65.7 Å². The van der Waals surface area contributed by atoms with Gasteiger partial charge in [0.2, 0.25) is 6.10 Å². The lowest BCUT2D eigenvalue weighted by atomic mass is 10.1. The molecule has 192 valence electrons. The third kappa shape index (κ3) is 5.45. The van der Waals surface area contributed by atoms with E-state index in [4.69, 9.17) is 9.47 Å². The average Bonchev–Trinajstić information content (AvgIpc) is 3.31. The quantitative estimate of drug-likeness (QED) is 0.359. The van der Waals surface area contributed by atoms with Crippen molar-refractivity contribution in [1.82, 2.24) is 9.97 Å². The first kappa shape index (κ1) is 25.2. The van der Waals surface area contributed by atoms with E-state index in [0.717, 1.165) is 23.5 Å². The number of fused-ring (bicyclic) bond motifs is 1. The summed E-state index contributed by atoms with van der Waals surface area (Å²) in [6, 6.07) is 11.9. The number of nitrogens with zero attached hydrogens (tertiary/aromatic N) is 2. The van der Waals surface area contributed by atoms with Crippen molar-refractivity contribution < 1.29 is 31.5 Å². The number of pyridine rings is 1. The molecule has 2 aromatic carbocycles. The van der Waals surface area contributed by atoms with Gasteiger partial charge in [0.1, 0.15) is 16.2 Å². The Labute approximate surface area is 215 Å². The molecule has 0 saturated carbocycles. The van der Waals surface area contributed by atoms with Gasteiger partial charge in [0.25, 0.3) is 5.91 Å². The molecule has 1 atom stereocenters. The molecule has 2 aromatic heterocycles. The van der Waals surface area contributed by atoms with Crippen LogP contribution in [0.1, 0.15) is 24.5 Å². The largest absolute Gasteiger partial charge is 0.473 e. The Bertz CT molecular complexity index is 1500. The summed E-state index contributed by atoms with van der Waals surface area (Å²) in [6.07, 6.45) is 1.02. The van der Waals surface area contributed by atoms with Crippen LogP contribution in [0.4, 0.5) is 13.9 Å². The van der Waals surface area contributed by atoms with Crippen molar-refractivity contribution in [3.05, 3.63) is 78.0 Å². The maximum Gasteiger partial charge on any atom is 0.271 e. The fourth-order valence-electron chi connectivity index (χ4n) is 3.98. The second kappa shape index (κ2) is 10.5. The Balaban J connectivity index is 1.44. The van der Waals surface area contributed by atoms with Crippen molar-refractivity contribution in [3.8, 4) is 5.75 Å². The zero-order chi connectivity index (χ0) is 26.0. The Morgan fingerprint density at radius 3 is 2.57 bits per heavy atom. The minimum absolute atomic E-state index is 0.104. The van der Waals surface area contributed by atoms with E-state index in [1.54, 1.807) is 18.3 Å². The van der Waals surface area contributed by atoms with Gasteiger partial charge < -0.3 is 9.47 Å². The highest BCUT2D eigenvalue weighted by atomic mass is 32.2. The van der Waals surface area contributed by atoms with Crippen LogP contribution in [0.2, 0.25) is 0 Å². The van der Waals surface area contributed by atoms with Crippen LogP contribution in [0.5, 0.6) is 5.75 Å². The second-order valence-corrected chi connectivity index (χ2v) is 11.5. The summed E-state index contributed by atoms with van der Waals surface area (Å²) in [4.78, 5) is 22.5. The Hall–Kier alpha value is -3.48. The lowest BCUT2D eigenvalue weighted by molar-refractivity contribution is -0.123. The molecule has 0 radical (unpaired) electrons. The minimum atomic E-state index is -3.60. The van der Waals surface area contributed by atoms with Crippen molar-refractivity contribution in [2.24, 2.45) is 0 Å². The zero-order valence-corrected chi connectivity index (χ0v) is 20.9. The maximum atomic E-state index is 14.4. The highest BCUT2D eigenvalue weighted by Gasteiger charge is 2.31. The van der Waals surface area contributed by atoms with Crippen LogP contribution < -0.4 is 10.1 Å². The first-order chi connectivity index (χ1) is 17.8. The number of nitrogens with one attached hydrogen (secondary N) is 1. The normalized spacial score (nSPS) is 15.4. The Morgan fingerprint density at radius 2 is 1.86 bits per heavy atom. The number of amides is 1. The van der Waals surface area contributed by atoms with E-state index in [1.807, 2.05) is 0 Å². The number of sulfone groups is 1. The third-order valence-electron chi connectivity index (χ3n) is 5.89. The highest BCUT2D eigenvalue weighted by Crippen LogP contribution is 2.30. The van der Waals surface area contributed by atoms with Crippen molar-refractivity contribution in [1.29, 1.82) is 0 Å². The van der Waals surface area contributed by atoms with Gasteiger partial charge in [-0.25, -0.2) is 27.2 Å². The predicted molar refractivity (Wildman–Crippen MR) is 133 cm³/mol. The molecular weight excluding hydrogens is 524 g/mol. The molecule has 0 spiro atoms. The summed E-state index contributed by atoms with van der Waals surface area (Å²) in [5.41, 5.74) is 0.860. The summed E-state index contributed by atoms with van der Waals surface area (Å²) >= 11 is 1.15. The molecule has 0 bridgehead atoms. The van der Waals surface area contributed by atoms with E-state index in [0.29, 0.717) is 42.5 Å². The average molecular weight is 546 g/mol. The number of aromatic nitrogens is 2. The molecule has 5 rings (SSSR count). The van der Waals surface area contributed by atoms with Crippen LogP contribution in [-0.2, 0) is 19.4 Å². The molecule has 0 aliphatic carbocycles. The summed E-state index contributed by atoms with van der Waals surface area (Å²) < 4.78 is 64.8.